The molecule has 0 aliphatic rings. The van der Waals surface area contributed by atoms with Gasteiger partial charge in [0.1, 0.15) is 5.82 Å². The number of rotatable bonds is 3. The van der Waals surface area contributed by atoms with Crippen LogP contribution in [0, 0.1) is 12.7 Å². The second-order valence-corrected chi connectivity index (χ2v) is 4.40. The Balaban J connectivity index is 2.10. The average molecular weight is 283 g/mol. The zero-order chi connectivity index (χ0) is 14.0. The highest BCUT2D eigenvalue weighted by Gasteiger charge is 2.18. The molecule has 0 aromatic carbocycles. The van der Waals surface area contributed by atoms with Crippen molar-refractivity contribution >= 4 is 17.5 Å². The number of aromatic nitrogens is 3. The van der Waals surface area contributed by atoms with E-state index in [1.807, 2.05) is 0 Å². The SMILES string of the molecule is Cc1c(Cl)c(C(=O)NCc2ccncc2F)nn1C. The van der Waals surface area contributed by atoms with Crippen molar-refractivity contribution in [3.05, 3.63) is 46.3 Å². The standard InChI is InChI=1S/C12H12ClFN4O/c1-7-10(13)11(17-18(7)2)12(19)16-5-8-3-4-15-6-9(8)14/h3-4,6H,5H2,1-2H3,(H,16,19). The molecule has 0 aliphatic heterocycles. The van der Waals surface area contributed by atoms with Crippen LogP contribution in [0.5, 0.6) is 0 Å². The van der Waals surface area contributed by atoms with Crippen molar-refractivity contribution in [3.8, 4) is 0 Å². The van der Waals surface area contributed by atoms with Crippen LogP contribution in [0.4, 0.5) is 4.39 Å². The third-order valence-corrected chi connectivity index (χ3v) is 3.22. The van der Waals surface area contributed by atoms with E-state index in [0.29, 0.717) is 16.3 Å². The lowest BCUT2D eigenvalue weighted by atomic mass is 10.2. The van der Waals surface area contributed by atoms with Crippen molar-refractivity contribution in [3.63, 3.8) is 0 Å². The Hall–Kier alpha value is -1.95. The molecule has 0 saturated carbocycles. The largest absolute Gasteiger partial charge is 0.346 e. The number of nitrogens with zero attached hydrogens (tertiary/aromatic N) is 3. The Labute approximate surface area is 114 Å². The van der Waals surface area contributed by atoms with E-state index in [1.165, 1.54) is 16.9 Å². The maximum atomic E-state index is 13.3. The minimum atomic E-state index is -0.467. The summed E-state index contributed by atoms with van der Waals surface area (Å²) < 4.78 is 14.8. The quantitative estimate of drug-likeness (QED) is 0.934. The molecule has 1 amide bonds. The van der Waals surface area contributed by atoms with Gasteiger partial charge >= 0.3 is 0 Å². The van der Waals surface area contributed by atoms with Gasteiger partial charge in [-0.05, 0) is 13.0 Å². The predicted molar refractivity (Wildman–Crippen MR) is 68.3 cm³/mol. The molecule has 0 fully saturated rings. The Morgan fingerprint density at radius 1 is 1.58 bits per heavy atom. The van der Waals surface area contributed by atoms with Gasteiger partial charge in [-0.2, -0.15) is 5.10 Å². The zero-order valence-electron chi connectivity index (χ0n) is 10.4. The smallest absolute Gasteiger partial charge is 0.273 e. The Bertz CT molecular complexity index is 626. The van der Waals surface area contributed by atoms with Crippen LogP contribution >= 0.6 is 11.6 Å². The fourth-order valence-corrected chi connectivity index (χ4v) is 1.78. The van der Waals surface area contributed by atoms with Gasteiger partial charge < -0.3 is 5.32 Å². The maximum Gasteiger partial charge on any atom is 0.273 e. The topological polar surface area (TPSA) is 59.8 Å². The lowest BCUT2D eigenvalue weighted by molar-refractivity contribution is 0.0945. The number of carbonyl (C=O) groups is 1. The molecule has 1 N–H and O–H groups in total. The molecule has 2 rings (SSSR count). The van der Waals surface area contributed by atoms with Gasteiger partial charge in [0.05, 0.1) is 16.9 Å². The van der Waals surface area contributed by atoms with E-state index in [1.54, 1.807) is 14.0 Å². The third-order valence-electron chi connectivity index (χ3n) is 2.77. The molecule has 2 aromatic rings. The van der Waals surface area contributed by atoms with Crippen LogP contribution in [-0.4, -0.2) is 20.7 Å². The number of amides is 1. The summed E-state index contributed by atoms with van der Waals surface area (Å²) in [6.07, 6.45) is 2.56. The van der Waals surface area contributed by atoms with Crippen LogP contribution in [0.2, 0.25) is 5.02 Å². The van der Waals surface area contributed by atoms with Crippen LogP contribution in [-0.2, 0) is 13.6 Å². The second-order valence-electron chi connectivity index (χ2n) is 4.02. The molecule has 0 atom stereocenters. The van der Waals surface area contributed by atoms with Gasteiger partial charge in [-0.25, -0.2) is 4.39 Å². The molecule has 2 aromatic heterocycles. The van der Waals surface area contributed by atoms with Crippen LogP contribution in [0.3, 0.4) is 0 Å². The molecule has 7 heteroatoms. The molecule has 100 valence electrons. The van der Waals surface area contributed by atoms with E-state index in [4.69, 9.17) is 11.6 Å². The summed E-state index contributed by atoms with van der Waals surface area (Å²) in [5.74, 6) is -0.906. The summed E-state index contributed by atoms with van der Waals surface area (Å²) >= 11 is 5.99. The van der Waals surface area contributed by atoms with Crippen molar-refractivity contribution < 1.29 is 9.18 Å². The Kier molecular flexibility index (Phi) is 3.80. The van der Waals surface area contributed by atoms with Gasteiger partial charge in [-0.3, -0.25) is 14.5 Å². The molecule has 0 aliphatic carbocycles. The first kappa shape index (κ1) is 13.5. The van der Waals surface area contributed by atoms with Crippen molar-refractivity contribution in [1.29, 1.82) is 0 Å². The Morgan fingerprint density at radius 2 is 2.32 bits per heavy atom. The van der Waals surface area contributed by atoms with E-state index < -0.39 is 11.7 Å². The van der Waals surface area contributed by atoms with E-state index in [0.717, 1.165) is 6.20 Å². The van der Waals surface area contributed by atoms with Gasteiger partial charge in [0.2, 0.25) is 0 Å². The number of hydrogen-bond acceptors (Lipinski definition) is 3. The van der Waals surface area contributed by atoms with Gasteiger partial charge in [0.25, 0.3) is 5.91 Å². The predicted octanol–water partition coefficient (Wildman–Crippen LogP) is 1.85. The molecule has 0 spiro atoms. The van der Waals surface area contributed by atoms with E-state index in [-0.39, 0.29) is 12.2 Å². The zero-order valence-corrected chi connectivity index (χ0v) is 11.2. The molecule has 0 bridgehead atoms. The lowest BCUT2D eigenvalue weighted by Gasteiger charge is -2.04. The summed E-state index contributed by atoms with van der Waals surface area (Å²) in [6, 6.07) is 1.50. The number of nitrogens with one attached hydrogen (secondary N) is 1. The molecule has 0 unspecified atom stereocenters. The van der Waals surface area contributed by atoms with E-state index in [2.05, 4.69) is 15.4 Å². The average Bonchev–Trinajstić information content (AvgIpc) is 2.65. The van der Waals surface area contributed by atoms with E-state index in [9.17, 15) is 9.18 Å². The summed E-state index contributed by atoms with van der Waals surface area (Å²) in [7, 11) is 1.69. The first-order chi connectivity index (χ1) is 9.00. The number of hydrogen-bond donors (Lipinski definition) is 1. The first-order valence-corrected chi connectivity index (χ1v) is 5.94. The summed E-state index contributed by atoms with van der Waals surface area (Å²) in [4.78, 5) is 15.5. The maximum absolute atomic E-state index is 13.3. The Morgan fingerprint density at radius 3 is 2.89 bits per heavy atom. The normalized spacial score (nSPS) is 10.5. The molecule has 2 heterocycles. The van der Waals surface area contributed by atoms with E-state index >= 15 is 0 Å². The monoisotopic (exact) mass is 282 g/mol. The van der Waals surface area contributed by atoms with Crippen molar-refractivity contribution in [2.75, 3.05) is 0 Å². The van der Waals surface area contributed by atoms with Gasteiger partial charge in [0, 0.05) is 25.4 Å². The number of pyridine rings is 1. The molecule has 0 radical (unpaired) electrons. The van der Waals surface area contributed by atoms with Crippen LogP contribution in [0.25, 0.3) is 0 Å². The second kappa shape index (κ2) is 5.36. The van der Waals surface area contributed by atoms with Gasteiger partial charge in [0.15, 0.2) is 5.69 Å². The summed E-state index contributed by atoms with van der Waals surface area (Å²) in [6.45, 7) is 1.81. The third kappa shape index (κ3) is 2.73. The molecular weight excluding hydrogens is 271 g/mol. The van der Waals surface area contributed by atoms with Crippen LogP contribution < -0.4 is 5.32 Å². The fraction of sp³-hybridized carbons (Fsp3) is 0.250. The highest BCUT2D eigenvalue weighted by Crippen LogP contribution is 2.19. The molecule has 5 nitrogen and oxygen atoms in total. The highest BCUT2D eigenvalue weighted by atomic mass is 35.5. The number of halogens is 2. The van der Waals surface area contributed by atoms with Crippen LogP contribution in [0.1, 0.15) is 21.7 Å². The minimum Gasteiger partial charge on any atom is -0.346 e. The summed E-state index contributed by atoms with van der Waals surface area (Å²) in [5.41, 5.74) is 1.19. The lowest BCUT2D eigenvalue weighted by Crippen LogP contribution is -2.24. The fourth-order valence-electron chi connectivity index (χ4n) is 1.53. The van der Waals surface area contributed by atoms with Crippen molar-refractivity contribution in [2.24, 2.45) is 7.05 Å². The molecule has 0 saturated heterocycles. The first-order valence-electron chi connectivity index (χ1n) is 5.56. The number of aryl methyl sites for hydroxylation is 1. The minimum absolute atomic E-state index is 0.0547. The molecular formula is C12H12ClFN4O. The van der Waals surface area contributed by atoms with Crippen molar-refractivity contribution in [2.45, 2.75) is 13.5 Å². The van der Waals surface area contributed by atoms with Gasteiger partial charge in [-0.1, -0.05) is 11.6 Å². The van der Waals surface area contributed by atoms with Crippen LogP contribution in [0.15, 0.2) is 18.5 Å². The summed E-state index contributed by atoms with van der Waals surface area (Å²) in [5, 5.41) is 6.88. The van der Waals surface area contributed by atoms with Crippen molar-refractivity contribution in [1.82, 2.24) is 20.1 Å². The van der Waals surface area contributed by atoms with Gasteiger partial charge in [-0.15, -0.1) is 0 Å². The highest BCUT2D eigenvalue weighted by molar-refractivity contribution is 6.34. The number of carbonyl (C=O) groups excluding carboxylic acids is 1. The molecule has 19 heavy (non-hydrogen) atoms.